The summed E-state index contributed by atoms with van der Waals surface area (Å²) in [6, 6.07) is 7.56. The van der Waals surface area contributed by atoms with Gasteiger partial charge in [0, 0.05) is 6.04 Å². The van der Waals surface area contributed by atoms with Gasteiger partial charge >= 0.3 is 0 Å². The van der Waals surface area contributed by atoms with Crippen LogP contribution in [0.2, 0.25) is 0 Å². The van der Waals surface area contributed by atoms with Crippen LogP contribution in [0.3, 0.4) is 0 Å². The summed E-state index contributed by atoms with van der Waals surface area (Å²) in [6.45, 7) is 0. The van der Waals surface area contributed by atoms with Crippen LogP contribution in [0.1, 0.15) is 23.6 Å². The number of nitrogens with two attached hydrogens (primary N) is 1. The first-order valence-electron chi connectivity index (χ1n) is 6.09. The average Bonchev–Trinajstić information content (AvgIpc) is 2.76. The minimum absolute atomic E-state index is 0.0331. The van der Waals surface area contributed by atoms with E-state index in [1.165, 1.54) is 0 Å². The van der Waals surface area contributed by atoms with Gasteiger partial charge in [-0.25, -0.2) is 13.2 Å². The summed E-state index contributed by atoms with van der Waals surface area (Å²) >= 11 is 0. The molecule has 2 aromatic carbocycles. The summed E-state index contributed by atoms with van der Waals surface area (Å²) < 4.78 is 39.4. The van der Waals surface area contributed by atoms with Crippen LogP contribution in [-0.2, 0) is 6.42 Å². The lowest BCUT2D eigenvalue weighted by Crippen LogP contribution is -2.04. The van der Waals surface area contributed by atoms with Crippen molar-refractivity contribution >= 4 is 0 Å². The van der Waals surface area contributed by atoms with Crippen molar-refractivity contribution < 1.29 is 13.2 Å². The molecule has 1 unspecified atom stereocenters. The second-order valence-electron chi connectivity index (χ2n) is 4.81. The van der Waals surface area contributed by atoms with Crippen molar-refractivity contribution in [2.75, 3.05) is 0 Å². The molecule has 0 radical (unpaired) electrons. The van der Waals surface area contributed by atoms with E-state index in [1.807, 2.05) is 12.1 Å². The highest BCUT2D eigenvalue weighted by molar-refractivity contribution is 5.65. The van der Waals surface area contributed by atoms with Crippen LogP contribution in [0.25, 0.3) is 11.1 Å². The molecule has 2 N–H and O–H groups in total. The smallest absolute Gasteiger partial charge is 0.194 e. The Hall–Kier alpha value is -1.81. The predicted molar refractivity (Wildman–Crippen MR) is 67.0 cm³/mol. The van der Waals surface area contributed by atoms with Gasteiger partial charge in [-0.15, -0.1) is 0 Å². The molecular formula is C15H12F3N. The van der Waals surface area contributed by atoms with Crippen LogP contribution in [0.4, 0.5) is 13.2 Å². The van der Waals surface area contributed by atoms with Gasteiger partial charge in [0.05, 0.1) is 0 Å². The van der Waals surface area contributed by atoms with E-state index in [0.717, 1.165) is 36.1 Å². The molecule has 1 nitrogen and oxygen atoms in total. The van der Waals surface area contributed by atoms with E-state index in [-0.39, 0.29) is 6.04 Å². The molecule has 0 fully saturated rings. The third-order valence-electron chi connectivity index (χ3n) is 3.58. The molecule has 0 spiro atoms. The fourth-order valence-electron chi connectivity index (χ4n) is 2.55. The molecule has 19 heavy (non-hydrogen) atoms. The summed E-state index contributed by atoms with van der Waals surface area (Å²) in [6.07, 6.45) is 1.74. The van der Waals surface area contributed by atoms with Crippen LogP contribution < -0.4 is 5.73 Å². The van der Waals surface area contributed by atoms with E-state index in [0.29, 0.717) is 11.1 Å². The fourth-order valence-corrected chi connectivity index (χ4v) is 2.55. The van der Waals surface area contributed by atoms with Gasteiger partial charge in [0.1, 0.15) is 0 Å². The van der Waals surface area contributed by atoms with Crippen LogP contribution >= 0.6 is 0 Å². The maximum absolute atomic E-state index is 13.2. The first kappa shape index (κ1) is 12.2. The molecule has 0 saturated heterocycles. The largest absolute Gasteiger partial charge is 0.324 e. The number of benzene rings is 2. The zero-order valence-corrected chi connectivity index (χ0v) is 10.1. The highest BCUT2D eigenvalue weighted by Gasteiger charge is 2.19. The minimum atomic E-state index is -1.44. The number of rotatable bonds is 1. The first-order valence-corrected chi connectivity index (χ1v) is 6.09. The van der Waals surface area contributed by atoms with Crippen molar-refractivity contribution in [3.05, 3.63) is 58.9 Å². The zero-order chi connectivity index (χ0) is 13.6. The maximum Gasteiger partial charge on any atom is 0.194 e. The van der Waals surface area contributed by atoms with Crippen molar-refractivity contribution in [3.63, 3.8) is 0 Å². The summed E-state index contributed by atoms with van der Waals surface area (Å²) in [7, 11) is 0. The first-order chi connectivity index (χ1) is 9.06. The van der Waals surface area contributed by atoms with Gasteiger partial charge in [0.15, 0.2) is 17.5 Å². The predicted octanol–water partition coefficient (Wildman–Crippen LogP) is 3.72. The molecule has 0 aromatic heterocycles. The molecule has 2 aromatic rings. The molecule has 0 aliphatic heterocycles. The molecule has 98 valence electrons. The van der Waals surface area contributed by atoms with Crippen LogP contribution in [0, 0.1) is 17.5 Å². The molecule has 1 atom stereocenters. The Morgan fingerprint density at radius 3 is 2.32 bits per heavy atom. The Balaban J connectivity index is 2.08. The lowest BCUT2D eigenvalue weighted by atomic mass is 9.99. The quantitative estimate of drug-likeness (QED) is 0.780. The Labute approximate surface area is 108 Å². The molecular weight excluding hydrogens is 251 g/mol. The van der Waals surface area contributed by atoms with Crippen molar-refractivity contribution in [1.29, 1.82) is 0 Å². The van der Waals surface area contributed by atoms with E-state index in [4.69, 9.17) is 5.73 Å². The zero-order valence-electron chi connectivity index (χ0n) is 10.1. The summed E-state index contributed by atoms with van der Waals surface area (Å²) in [5.74, 6) is -3.79. The van der Waals surface area contributed by atoms with Crippen LogP contribution in [0.5, 0.6) is 0 Å². The molecule has 0 heterocycles. The van der Waals surface area contributed by atoms with E-state index < -0.39 is 17.5 Å². The van der Waals surface area contributed by atoms with Crippen molar-refractivity contribution in [3.8, 4) is 11.1 Å². The van der Waals surface area contributed by atoms with Crippen LogP contribution in [0.15, 0.2) is 30.3 Å². The van der Waals surface area contributed by atoms with Gasteiger partial charge in [0.25, 0.3) is 0 Å². The number of halogens is 3. The topological polar surface area (TPSA) is 26.0 Å². The van der Waals surface area contributed by atoms with Crippen molar-refractivity contribution in [1.82, 2.24) is 0 Å². The molecule has 0 saturated carbocycles. The fraction of sp³-hybridized carbons (Fsp3) is 0.200. The number of aryl methyl sites for hydroxylation is 1. The van der Waals surface area contributed by atoms with Gasteiger partial charge in [-0.2, -0.15) is 0 Å². The van der Waals surface area contributed by atoms with E-state index >= 15 is 0 Å². The average molecular weight is 263 g/mol. The summed E-state index contributed by atoms with van der Waals surface area (Å²) in [5.41, 5.74) is 9.11. The second-order valence-corrected chi connectivity index (χ2v) is 4.81. The van der Waals surface area contributed by atoms with Gasteiger partial charge in [0.2, 0.25) is 0 Å². The number of hydrogen-bond acceptors (Lipinski definition) is 1. The lowest BCUT2D eigenvalue weighted by molar-refractivity contribution is 0.447. The molecule has 1 aliphatic carbocycles. The molecule has 1 aliphatic rings. The summed E-state index contributed by atoms with van der Waals surface area (Å²) in [4.78, 5) is 0. The third-order valence-corrected chi connectivity index (χ3v) is 3.58. The molecule has 3 rings (SSSR count). The normalized spacial score (nSPS) is 17.6. The van der Waals surface area contributed by atoms with E-state index in [9.17, 15) is 13.2 Å². The molecule has 0 amide bonds. The Morgan fingerprint density at radius 1 is 0.947 bits per heavy atom. The standard InChI is InChI=1S/C15H12F3N/c16-12-6-10(7-13(17)15(12)18)8-1-3-11-9(5-8)2-4-14(11)19/h1,3,5-7,14H,2,4,19H2. The Morgan fingerprint density at radius 2 is 1.63 bits per heavy atom. The van der Waals surface area contributed by atoms with E-state index in [1.54, 1.807) is 6.07 Å². The maximum atomic E-state index is 13.2. The van der Waals surface area contributed by atoms with E-state index in [2.05, 4.69) is 0 Å². The Kier molecular flexibility index (Phi) is 2.82. The Bertz CT molecular complexity index is 629. The molecule has 4 heteroatoms. The van der Waals surface area contributed by atoms with Crippen molar-refractivity contribution in [2.24, 2.45) is 5.73 Å². The number of fused-ring (bicyclic) bond motifs is 1. The highest BCUT2D eigenvalue weighted by Crippen LogP contribution is 2.33. The molecule has 0 bridgehead atoms. The monoisotopic (exact) mass is 263 g/mol. The van der Waals surface area contributed by atoms with Gasteiger partial charge < -0.3 is 5.73 Å². The lowest BCUT2D eigenvalue weighted by Gasteiger charge is -2.08. The second kappa shape index (κ2) is 4.38. The number of hydrogen-bond donors (Lipinski definition) is 1. The highest BCUT2D eigenvalue weighted by atomic mass is 19.2. The van der Waals surface area contributed by atoms with Gasteiger partial charge in [-0.1, -0.05) is 18.2 Å². The minimum Gasteiger partial charge on any atom is -0.324 e. The summed E-state index contributed by atoms with van der Waals surface area (Å²) in [5, 5.41) is 0. The van der Waals surface area contributed by atoms with Gasteiger partial charge in [-0.3, -0.25) is 0 Å². The van der Waals surface area contributed by atoms with Crippen LogP contribution in [-0.4, -0.2) is 0 Å². The van der Waals surface area contributed by atoms with Crippen molar-refractivity contribution in [2.45, 2.75) is 18.9 Å². The third kappa shape index (κ3) is 2.02. The SMILES string of the molecule is NC1CCc2cc(-c3cc(F)c(F)c(F)c3)ccc21. The van der Waals surface area contributed by atoms with Gasteiger partial charge in [-0.05, 0) is 47.2 Å².